The Morgan fingerprint density at radius 3 is 2.52 bits per heavy atom. The highest BCUT2D eigenvalue weighted by Gasteiger charge is 2.47. The molecule has 5 nitrogen and oxygen atoms in total. The van der Waals surface area contributed by atoms with Crippen LogP contribution in [0.2, 0.25) is 0 Å². The van der Waals surface area contributed by atoms with E-state index in [1.165, 1.54) is 17.0 Å². The molecule has 128 valence electrons. The highest BCUT2D eigenvalue weighted by atomic mass is 19.3. The first-order valence-corrected chi connectivity index (χ1v) is 7.16. The molecule has 0 saturated carbocycles. The summed E-state index contributed by atoms with van der Waals surface area (Å²) in [6, 6.07) is 2.15. The average molecular weight is 336 g/mol. The van der Waals surface area contributed by atoms with Gasteiger partial charge in [-0.1, -0.05) is 6.07 Å². The molecule has 0 unspecified atom stereocenters. The summed E-state index contributed by atoms with van der Waals surface area (Å²) in [5, 5.41) is 12.1. The van der Waals surface area contributed by atoms with E-state index in [0.717, 1.165) is 6.07 Å². The molecule has 0 spiro atoms. The topological polar surface area (TPSA) is 54.0 Å². The molecule has 9 heteroatoms. The van der Waals surface area contributed by atoms with E-state index in [1.54, 1.807) is 0 Å². The van der Waals surface area contributed by atoms with Crippen molar-refractivity contribution in [2.24, 2.45) is 0 Å². The van der Waals surface area contributed by atoms with Gasteiger partial charge >= 0.3 is 6.29 Å². The number of benzene rings is 1. The molecule has 1 fully saturated rings. The fraction of sp³-hybridized carbons (Fsp3) is 0.571. The molecule has 0 aromatic heterocycles. The van der Waals surface area contributed by atoms with Crippen LogP contribution in [0.1, 0.15) is 11.6 Å². The van der Waals surface area contributed by atoms with Gasteiger partial charge in [-0.05, 0) is 17.7 Å². The Kier molecular flexibility index (Phi) is 4.11. The molecule has 0 aliphatic carbocycles. The van der Waals surface area contributed by atoms with E-state index in [0.29, 0.717) is 26.2 Å². The smallest absolute Gasteiger partial charge is 0.395 e. The lowest BCUT2D eigenvalue weighted by molar-refractivity contribution is -0.286. The van der Waals surface area contributed by atoms with Crippen molar-refractivity contribution in [2.75, 3.05) is 32.8 Å². The van der Waals surface area contributed by atoms with E-state index < -0.39 is 24.9 Å². The summed E-state index contributed by atoms with van der Waals surface area (Å²) < 4.78 is 63.3. The largest absolute Gasteiger partial charge is 0.586 e. The summed E-state index contributed by atoms with van der Waals surface area (Å²) in [6.07, 6.45) is -3.80. The highest BCUT2D eigenvalue weighted by molar-refractivity contribution is 5.46. The van der Waals surface area contributed by atoms with Crippen LogP contribution in [-0.2, 0) is 0 Å². The second-order valence-electron chi connectivity index (χ2n) is 5.48. The van der Waals surface area contributed by atoms with Crippen molar-refractivity contribution >= 4 is 0 Å². The highest BCUT2D eigenvalue weighted by Crippen LogP contribution is 2.45. The van der Waals surface area contributed by atoms with Crippen molar-refractivity contribution in [2.45, 2.75) is 18.3 Å². The maximum absolute atomic E-state index is 14.3. The number of aliphatic hydroxyl groups excluding tert-OH is 1. The monoisotopic (exact) mass is 336 g/mol. The van der Waals surface area contributed by atoms with Gasteiger partial charge in [-0.3, -0.25) is 4.90 Å². The average Bonchev–Trinajstić information content (AvgIpc) is 2.81. The number of rotatable bonds is 4. The second-order valence-corrected chi connectivity index (χ2v) is 5.48. The Morgan fingerprint density at radius 1 is 1.22 bits per heavy atom. The summed E-state index contributed by atoms with van der Waals surface area (Å²) in [7, 11) is 0. The predicted molar refractivity (Wildman–Crippen MR) is 71.9 cm³/mol. The molecule has 2 aliphatic heterocycles. The van der Waals surface area contributed by atoms with Crippen LogP contribution in [0, 0.1) is 0 Å². The van der Waals surface area contributed by atoms with Gasteiger partial charge in [0.2, 0.25) is 0 Å². The van der Waals surface area contributed by atoms with Crippen molar-refractivity contribution in [3.8, 4) is 11.5 Å². The molecular weight excluding hydrogens is 320 g/mol. The van der Waals surface area contributed by atoms with Crippen LogP contribution in [0.3, 0.4) is 0 Å². The van der Waals surface area contributed by atoms with Crippen LogP contribution < -0.4 is 14.8 Å². The van der Waals surface area contributed by atoms with Crippen LogP contribution in [0.4, 0.5) is 17.6 Å². The van der Waals surface area contributed by atoms with Crippen LogP contribution >= 0.6 is 0 Å². The third-order valence-electron chi connectivity index (χ3n) is 3.87. The predicted octanol–water partition coefficient (Wildman–Crippen LogP) is 1.58. The van der Waals surface area contributed by atoms with E-state index in [4.69, 9.17) is 5.11 Å². The first kappa shape index (κ1) is 16.3. The van der Waals surface area contributed by atoms with E-state index in [1.807, 2.05) is 0 Å². The van der Waals surface area contributed by atoms with Crippen LogP contribution in [0.25, 0.3) is 0 Å². The summed E-state index contributed by atoms with van der Waals surface area (Å²) in [4.78, 5) is 1.52. The standard InChI is InChI=1S/C14H16F4N2O3/c15-13(16,8-21)12(20-5-3-19-4-6-20)9-1-2-10-11(7-9)23-14(17,18)22-10/h1-2,7,12,19,21H,3-6,8H2/t12-/m1/s1. The third kappa shape index (κ3) is 3.22. The fourth-order valence-electron chi connectivity index (χ4n) is 2.88. The van der Waals surface area contributed by atoms with Gasteiger partial charge in [-0.25, -0.2) is 8.78 Å². The van der Waals surface area contributed by atoms with Gasteiger partial charge in [0.1, 0.15) is 12.6 Å². The Hall–Kier alpha value is -1.58. The minimum Gasteiger partial charge on any atom is -0.395 e. The first-order chi connectivity index (χ1) is 10.8. The second kappa shape index (κ2) is 5.81. The van der Waals surface area contributed by atoms with Gasteiger partial charge < -0.3 is 19.9 Å². The van der Waals surface area contributed by atoms with Gasteiger partial charge in [0.15, 0.2) is 11.5 Å². The summed E-state index contributed by atoms with van der Waals surface area (Å²) in [5.74, 6) is -3.92. The molecule has 2 aliphatic rings. The molecule has 1 aromatic carbocycles. The molecule has 2 heterocycles. The number of halogens is 4. The van der Waals surface area contributed by atoms with E-state index in [-0.39, 0.29) is 17.1 Å². The van der Waals surface area contributed by atoms with Gasteiger partial charge in [-0.15, -0.1) is 8.78 Å². The quantitative estimate of drug-likeness (QED) is 0.818. The number of ether oxygens (including phenoxy) is 2. The number of aliphatic hydroxyl groups is 1. The van der Waals surface area contributed by atoms with Crippen molar-refractivity contribution in [1.82, 2.24) is 10.2 Å². The molecule has 3 rings (SSSR count). The molecule has 0 bridgehead atoms. The lowest BCUT2D eigenvalue weighted by Crippen LogP contribution is -2.51. The van der Waals surface area contributed by atoms with Crippen molar-refractivity contribution in [3.63, 3.8) is 0 Å². The molecule has 0 amide bonds. The number of nitrogens with zero attached hydrogens (tertiary/aromatic N) is 1. The maximum atomic E-state index is 14.3. The molecule has 1 aromatic rings. The van der Waals surface area contributed by atoms with Crippen molar-refractivity contribution < 1.29 is 32.1 Å². The van der Waals surface area contributed by atoms with Crippen molar-refractivity contribution in [3.05, 3.63) is 23.8 Å². The maximum Gasteiger partial charge on any atom is 0.586 e. The van der Waals surface area contributed by atoms with Gasteiger partial charge in [0, 0.05) is 26.2 Å². The zero-order valence-electron chi connectivity index (χ0n) is 12.1. The number of alkyl halides is 4. The zero-order chi connectivity index (χ0) is 16.7. The van der Waals surface area contributed by atoms with E-state index in [9.17, 15) is 17.6 Å². The third-order valence-corrected chi connectivity index (χ3v) is 3.87. The van der Waals surface area contributed by atoms with E-state index in [2.05, 4.69) is 14.8 Å². The molecule has 0 radical (unpaired) electrons. The van der Waals surface area contributed by atoms with Gasteiger partial charge in [0.25, 0.3) is 5.92 Å². The fourth-order valence-corrected chi connectivity index (χ4v) is 2.88. The zero-order valence-corrected chi connectivity index (χ0v) is 12.1. The van der Waals surface area contributed by atoms with Crippen LogP contribution in [0.5, 0.6) is 11.5 Å². The number of piperazine rings is 1. The number of nitrogens with one attached hydrogen (secondary N) is 1. The Labute approximate surface area is 129 Å². The number of hydrogen-bond donors (Lipinski definition) is 2. The lowest BCUT2D eigenvalue weighted by Gasteiger charge is -2.38. The normalized spacial score (nSPS) is 22.1. The summed E-state index contributed by atoms with van der Waals surface area (Å²) >= 11 is 0. The Balaban J connectivity index is 1.94. The number of fused-ring (bicyclic) bond motifs is 1. The van der Waals surface area contributed by atoms with Crippen LogP contribution in [-0.4, -0.2) is 55.0 Å². The van der Waals surface area contributed by atoms with Gasteiger partial charge in [-0.2, -0.15) is 0 Å². The molecule has 1 atom stereocenters. The molecule has 2 N–H and O–H groups in total. The van der Waals surface area contributed by atoms with Crippen molar-refractivity contribution in [1.29, 1.82) is 0 Å². The molecule has 1 saturated heterocycles. The minimum atomic E-state index is -3.80. The summed E-state index contributed by atoms with van der Waals surface area (Å²) in [6.45, 7) is 0.420. The number of hydrogen-bond acceptors (Lipinski definition) is 5. The molecule has 23 heavy (non-hydrogen) atoms. The Bertz CT molecular complexity index is 579. The Morgan fingerprint density at radius 2 is 1.87 bits per heavy atom. The summed E-state index contributed by atoms with van der Waals surface area (Å²) in [5.41, 5.74) is 0.0889. The van der Waals surface area contributed by atoms with Crippen LogP contribution in [0.15, 0.2) is 18.2 Å². The minimum absolute atomic E-state index is 0.0889. The lowest BCUT2D eigenvalue weighted by atomic mass is 9.97. The van der Waals surface area contributed by atoms with E-state index >= 15 is 0 Å². The van der Waals surface area contributed by atoms with Gasteiger partial charge in [0.05, 0.1) is 0 Å². The first-order valence-electron chi connectivity index (χ1n) is 7.16. The SMILES string of the molecule is OCC(F)(F)[C@@H](c1ccc2c(c1)OC(F)(F)O2)N1CCNCC1. The molecular formula is C14H16F4N2O3.